The van der Waals surface area contributed by atoms with Crippen LogP contribution in [0.5, 0.6) is 0 Å². The van der Waals surface area contributed by atoms with Crippen molar-refractivity contribution in [2.24, 2.45) is 0 Å². The second kappa shape index (κ2) is 10.5. The van der Waals surface area contributed by atoms with Crippen molar-refractivity contribution < 1.29 is 77.1 Å². The Bertz CT molecular complexity index is 820. The molecule has 0 aliphatic heterocycles. The Morgan fingerprint density at radius 1 is 0.593 bits per heavy atom. The van der Waals surface area contributed by atoms with Gasteiger partial charge in [0.05, 0.1) is 0 Å². The molecule has 9 nitrogen and oxygen atoms in total. The first-order valence-corrected chi connectivity index (χ1v) is 7.44. The average molecular weight is 475 g/mol. The van der Waals surface area contributed by atoms with E-state index in [1.807, 2.05) is 0 Å². The SMILES string of the molecule is O.O=C(O)c1ccc[c]([Cu])c1C(=O)O.O=C(O)c1ccc[c]([Cu])c1C(=O)O. The average Bonchev–Trinajstić information content (AvgIpc) is 2.54. The molecule has 0 heterocycles. The first kappa shape index (κ1) is 24.3. The number of hydrogen-bond acceptors (Lipinski definition) is 4. The van der Waals surface area contributed by atoms with Gasteiger partial charge in [-0.3, -0.25) is 0 Å². The molecule has 0 aliphatic carbocycles. The summed E-state index contributed by atoms with van der Waals surface area (Å²) in [6, 6.07) is 7.97. The predicted octanol–water partition coefficient (Wildman–Crippen LogP) is -0.314. The van der Waals surface area contributed by atoms with Crippen LogP contribution in [0.4, 0.5) is 0 Å². The van der Waals surface area contributed by atoms with Gasteiger partial charge in [-0.1, -0.05) is 0 Å². The van der Waals surface area contributed by atoms with Crippen LogP contribution in [0.25, 0.3) is 0 Å². The molecule has 2 aromatic carbocycles. The minimum absolute atomic E-state index is 0. The van der Waals surface area contributed by atoms with Gasteiger partial charge >= 0.3 is 163 Å². The minimum atomic E-state index is -1.32. The molecule has 2 aromatic rings. The molecule has 0 saturated heterocycles. The monoisotopic (exact) mass is 474 g/mol. The van der Waals surface area contributed by atoms with E-state index in [1.165, 1.54) is 36.4 Å². The van der Waals surface area contributed by atoms with Crippen molar-refractivity contribution in [1.82, 2.24) is 0 Å². The molecule has 0 saturated carbocycles. The summed E-state index contributed by atoms with van der Waals surface area (Å²) < 4.78 is 0.0276. The molecule has 152 valence electrons. The Kier molecular flexibility index (Phi) is 9.42. The Balaban J connectivity index is 0.000000483. The zero-order valence-corrected chi connectivity index (χ0v) is 14.9. The van der Waals surface area contributed by atoms with Crippen LogP contribution in [-0.4, -0.2) is 49.8 Å². The number of carboxylic acids is 4. The van der Waals surface area contributed by atoms with Crippen molar-refractivity contribution >= 4 is 32.8 Å². The molecule has 0 bridgehead atoms. The van der Waals surface area contributed by atoms with Gasteiger partial charge in [0.2, 0.25) is 0 Å². The van der Waals surface area contributed by atoms with Crippen LogP contribution < -0.4 is 8.92 Å². The molecule has 6 N–H and O–H groups in total. The molecule has 0 spiro atoms. The topological polar surface area (TPSA) is 181 Å². The Labute approximate surface area is 168 Å². The standard InChI is InChI=1S/2C8H5O4.2Cu.H2O/c2*9-7(10)5-3-1-2-4-6(5)8(11)12;;;/h2*1-3H,(H,9,10)(H,11,12);;;1H2. The quantitative estimate of drug-likeness (QED) is 0.434. The molecule has 0 aliphatic rings. The van der Waals surface area contributed by atoms with Gasteiger partial charge < -0.3 is 5.48 Å². The van der Waals surface area contributed by atoms with Crippen molar-refractivity contribution in [3.8, 4) is 0 Å². The molecule has 2 rings (SSSR count). The third-order valence-corrected chi connectivity index (χ3v) is 3.64. The normalized spacial score (nSPS) is 9.33. The molecule has 11 heteroatoms. The zero-order valence-electron chi connectivity index (χ0n) is 13.0. The molecule has 27 heavy (non-hydrogen) atoms. The van der Waals surface area contributed by atoms with Gasteiger partial charge in [0.15, 0.2) is 0 Å². The van der Waals surface area contributed by atoms with Crippen molar-refractivity contribution in [2.75, 3.05) is 0 Å². The van der Waals surface area contributed by atoms with Gasteiger partial charge in [0.25, 0.3) is 0 Å². The molecule has 0 radical (unpaired) electrons. The van der Waals surface area contributed by atoms with Crippen molar-refractivity contribution in [2.45, 2.75) is 0 Å². The second-order valence-corrected chi connectivity index (χ2v) is 5.48. The Morgan fingerprint density at radius 2 is 0.889 bits per heavy atom. The van der Waals surface area contributed by atoms with Gasteiger partial charge in [0, 0.05) is 0 Å². The van der Waals surface area contributed by atoms with Crippen LogP contribution >= 0.6 is 0 Å². The Morgan fingerprint density at radius 3 is 1.07 bits per heavy atom. The molecule has 0 unspecified atom stereocenters. The summed E-state index contributed by atoms with van der Waals surface area (Å²) in [5.41, 5.74) is -1.24. The van der Waals surface area contributed by atoms with Crippen LogP contribution in [0.2, 0.25) is 0 Å². The number of carbonyl (C=O) groups is 4. The van der Waals surface area contributed by atoms with Crippen LogP contribution in [0, 0.1) is 0 Å². The van der Waals surface area contributed by atoms with Crippen LogP contribution in [0.3, 0.4) is 0 Å². The maximum atomic E-state index is 10.6. The van der Waals surface area contributed by atoms with Gasteiger partial charge in [-0.05, 0) is 0 Å². The summed E-state index contributed by atoms with van der Waals surface area (Å²) >= 11 is 9.69. The Hall–Kier alpha value is -2.68. The third kappa shape index (κ3) is 6.21. The summed E-state index contributed by atoms with van der Waals surface area (Å²) in [4.78, 5) is 42.4. The number of carboxylic acid groups (broad SMARTS) is 4. The molecule has 0 amide bonds. The van der Waals surface area contributed by atoms with E-state index in [0.29, 0.717) is 0 Å². The van der Waals surface area contributed by atoms with E-state index in [2.05, 4.69) is 0 Å². The fraction of sp³-hybridized carbons (Fsp3) is 0. The third-order valence-electron chi connectivity index (χ3n) is 2.85. The van der Waals surface area contributed by atoms with Crippen LogP contribution in [0.1, 0.15) is 41.4 Å². The summed E-state index contributed by atoms with van der Waals surface area (Å²) in [5.74, 6) is -5.23. The van der Waals surface area contributed by atoms with Crippen molar-refractivity contribution in [1.29, 1.82) is 0 Å². The predicted molar refractivity (Wildman–Crippen MR) is 83.6 cm³/mol. The van der Waals surface area contributed by atoms with Crippen molar-refractivity contribution in [3.63, 3.8) is 0 Å². The summed E-state index contributed by atoms with van der Waals surface area (Å²) in [7, 11) is 0. The van der Waals surface area contributed by atoms with E-state index >= 15 is 0 Å². The number of hydrogen-bond donors (Lipinski definition) is 4. The number of aromatic carboxylic acids is 4. The first-order chi connectivity index (χ1) is 12.1. The van der Waals surface area contributed by atoms with Gasteiger partial charge in [-0.2, -0.15) is 0 Å². The molecule has 0 aromatic heterocycles. The number of rotatable bonds is 4. The van der Waals surface area contributed by atoms with E-state index in [-0.39, 0.29) is 36.7 Å². The fourth-order valence-corrected chi connectivity index (χ4v) is 2.42. The summed E-state index contributed by atoms with van der Waals surface area (Å²) in [5, 5.41) is 34.6. The first-order valence-electron chi connectivity index (χ1n) is 6.50. The van der Waals surface area contributed by atoms with E-state index in [1.54, 1.807) is 0 Å². The zero-order chi connectivity index (χ0) is 20.0. The molecular formula is C16H12Cu2O9. The fourth-order valence-electron chi connectivity index (χ4n) is 1.79. The molecule has 0 atom stereocenters. The van der Waals surface area contributed by atoms with Crippen LogP contribution in [0.15, 0.2) is 36.4 Å². The molecular weight excluding hydrogens is 463 g/mol. The number of benzene rings is 2. The van der Waals surface area contributed by atoms with Gasteiger partial charge in [0.1, 0.15) is 0 Å². The maximum absolute atomic E-state index is 10.6. The second-order valence-electron chi connectivity index (χ2n) is 4.46. The summed E-state index contributed by atoms with van der Waals surface area (Å²) in [6.45, 7) is 0. The van der Waals surface area contributed by atoms with Crippen molar-refractivity contribution in [3.05, 3.63) is 58.7 Å². The van der Waals surface area contributed by atoms with Crippen LogP contribution in [-0.2, 0) is 32.0 Å². The van der Waals surface area contributed by atoms with Gasteiger partial charge in [-0.15, -0.1) is 0 Å². The van der Waals surface area contributed by atoms with E-state index < -0.39 is 23.9 Å². The summed E-state index contributed by atoms with van der Waals surface area (Å²) in [6.07, 6.45) is 0. The van der Waals surface area contributed by atoms with Gasteiger partial charge in [-0.25, -0.2) is 0 Å². The van der Waals surface area contributed by atoms with E-state index in [9.17, 15) is 19.2 Å². The van der Waals surface area contributed by atoms with E-state index in [0.717, 1.165) is 0 Å². The van der Waals surface area contributed by atoms with E-state index in [4.69, 9.17) is 52.5 Å². The molecule has 0 fully saturated rings.